The highest BCUT2D eigenvalue weighted by Gasteiger charge is 2.06. The fraction of sp³-hybridized carbons (Fsp3) is 0.364. The zero-order valence-electron chi connectivity index (χ0n) is 8.99. The van der Waals surface area contributed by atoms with Gasteiger partial charge in [-0.05, 0) is 18.2 Å². The van der Waals surface area contributed by atoms with E-state index in [0.717, 1.165) is 10.6 Å². The van der Waals surface area contributed by atoms with Crippen LogP contribution in [0.1, 0.15) is 13.3 Å². The molecule has 0 aliphatic carbocycles. The number of thioether (sulfide) groups is 1. The van der Waals surface area contributed by atoms with Crippen LogP contribution < -0.4 is 10.5 Å². The van der Waals surface area contributed by atoms with Crippen LogP contribution in [0.4, 0.5) is 0 Å². The molecule has 1 atom stereocenters. The van der Waals surface area contributed by atoms with Crippen LogP contribution in [-0.4, -0.2) is 18.2 Å². The Kier molecular flexibility index (Phi) is 4.49. The van der Waals surface area contributed by atoms with Gasteiger partial charge in [0, 0.05) is 16.6 Å². The average Bonchev–Trinajstić information content (AvgIpc) is 2.16. The van der Waals surface area contributed by atoms with Crippen LogP contribution in [0.3, 0.4) is 0 Å². The molecule has 0 saturated heterocycles. The summed E-state index contributed by atoms with van der Waals surface area (Å²) in [4.78, 5) is 1.14. The van der Waals surface area contributed by atoms with Crippen molar-refractivity contribution in [3.63, 3.8) is 0 Å². The van der Waals surface area contributed by atoms with Gasteiger partial charge in [0.15, 0.2) is 0 Å². The third-order valence-corrected chi connectivity index (χ3v) is 2.98. The third kappa shape index (κ3) is 4.25. The highest BCUT2D eigenvalue weighted by atomic mass is 32.2. The minimum absolute atomic E-state index is 0.234. The van der Waals surface area contributed by atoms with Gasteiger partial charge in [0.1, 0.15) is 5.75 Å². The molecule has 0 aromatic heterocycles. The molecule has 0 heterocycles. The number of methoxy groups -OCH3 is 1. The molecule has 0 saturated carbocycles. The fourth-order valence-electron chi connectivity index (χ4n) is 1.26. The molecular weight excluding hydrogens is 208 g/mol. The maximum atomic E-state index is 7.21. The Morgan fingerprint density at radius 2 is 2.33 bits per heavy atom. The van der Waals surface area contributed by atoms with E-state index in [0.29, 0.717) is 11.7 Å². The highest BCUT2D eigenvalue weighted by Crippen LogP contribution is 2.27. The largest absolute Gasteiger partial charge is 0.497 e. The molecule has 15 heavy (non-hydrogen) atoms. The number of hydrogen-bond acceptors (Lipinski definition) is 3. The molecule has 0 aliphatic rings. The highest BCUT2D eigenvalue weighted by molar-refractivity contribution is 8.00. The van der Waals surface area contributed by atoms with Crippen LogP contribution in [0.2, 0.25) is 0 Å². The molecule has 3 N–H and O–H groups in total. The van der Waals surface area contributed by atoms with Gasteiger partial charge in [-0.1, -0.05) is 13.0 Å². The molecule has 0 spiro atoms. The molecule has 0 amide bonds. The van der Waals surface area contributed by atoms with Crippen molar-refractivity contribution in [2.75, 3.05) is 7.11 Å². The van der Waals surface area contributed by atoms with Gasteiger partial charge in [-0.3, -0.25) is 5.41 Å². The summed E-state index contributed by atoms with van der Waals surface area (Å²) in [5.41, 5.74) is 5.35. The van der Waals surface area contributed by atoms with E-state index in [1.165, 1.54) is 0 Å². The number of amidine groups is 1. The van der Waals surface area contributed by atoms with E-state index in [9.17, 15) is 0 Å². The van der Waals surface area contributed by atoms with Gasteiger partial charge in [0.25, 0.3) is 0 Å². The fourth-order valence-corrected chi connectivity index (χ4v) is 2.33. The maximum absolute atomic E-state index is 7.21. The zero-order chi connectivity index (χ0) is 11.3. The minimum atomic E-state index is 0.234. The summed E-state index contributed by atoms with van der Waals surface area (Å²) in [6.07, 6.45) is 0.613. The molecule has 1 aromatic carbocycles. The summed E-state index contributed by atoms with van der Waals surface area (Å²) < 4.78 is 5.14. The van der Waals surface area contributed by atoms with Crippen molar-refractivity contribution in [3.8, 4) is 5.75 Å². The van der Waals surface area contributed by atoms with E-state index in [-0.39, 0.29) is 5.84 Å². The summed E-state index contributed by atoms with van der Waals surface area (Å²) in [5.74, 6) is 1.09. The Bertz CT molecular complexity index is 341. The van der Waals surface area contributed by atoms with Crippen molar-refractivity contribution in [2.45, 2.75) is 23.5 Å². The van der Waals surface area contributed by atoms with Gasteiger partial charge in [-0.2, -0.15) is 0 Å². The summed E-state index contributed by atoms with van der Waals surface area (Å²) in [6.45, 7) is 2.06. The molecule has 3 nitrogen and oxygen atoms in total. The Hall–Kier alpha value is -1.16. The lowest BCUT2D eigenvalue weighted by Gasteiger charge is -2.10. The maximum Gasteiger partial charge on any atom is 0.119 e. The first-order valence-electron chi connectivity index (χ1n) is 4.75. The van der Waals surface area contributed by atoms with Gasteiger partial charge in [0.2, 0.25) is 0 Å². The molecule has 0 radical (unpaired) electrons. The van der Waals surface area contributed by atoms with Crippen molar-refractivity contribution < 1.29 is 4.74 Å². The summed E-state index contributed by atoms with van der Waals surface area (Å²) in [5, 5.41) is 7.52. The molecule has 1 aromatic rings. The van der Waals surface area contributed by atoms with E-state index in [2.05, 4.69) is 6.92 Å². The number of nitrogens with one attached hydrogen (secondary N) is 1. The first-order chi connectivity index (χ1) is 7.11. The number of nitrogens with two attached hydrogens (primary N) is 1. The van der Waals surface area contributed by atoms with Crippen molar-refractivity contribution in [1.29, 1.82) is 5.41 Å². The lowest BCUT2D eigenvalue weighted by Crippen LogP contribution is -2.14. The molecule has 0 aliphatic heterocycles. The van der Waals surface area contributed by atoms with Crippen LogP contribution in [0.5, 0.6) is 5.75 Å². The lowest BCUT2D eigenvalue weighted by atomic mass is 10.3. The molecule has 1 rings (SSSR count). The van der Waals surface area contributed by atoms with Gasteiger partial charge in [-0.25, -0.2) is 0 Å². The Morgan fingerprint density at radius 3 is 2.93 bits per heavy atom. The van der Waals surface area contributed by atoms with Crippen LogP contribution in [0.15, 0.2) is 29.2 Å². The lowest BCUT2D eigenvalue weighted by molar-refractivity contribution is 0.413. The van der Waals surface area contributed by atoms with Crippen LogP contribution in [0.25, 0.3) is 0 Å². The normalized spacial score (nSPS) is 12.1. The Morgan fingerprint density at radius 1 is 1.60 bits per heavy atom. The van der Waals surface area contributed by atoms with Crippen LogP contribution in [-0.2, 0) is 0 Å². The second-order valence-corrected chi connectivity index (χ2v) is 4.85. The first kappa shape index (κ1) is 11.9. The summed E-state index contributed by atoms with van der Waals surface area (Å²) in [7, 11) is 1.66. The SMILES string of the molecule is COc1cccc(SC(C)CC(=N)N)c1. The molecular formula is C11H16N2OS. The van der Waals surface area contributed by atoms with Crippen LogP contribution >= 0.6 is 11.8 Å². The van der Waals surface area contributed by atoms with Gasteiger partial charge < -0.3 is 10.5 Å². The standard InChI is InChI=1S/C11H16N2OS/c1-8(6-11(12)13)15-10-5-3-4-9(7-10)14-2/h3-5,7-8H,6H2,1-2H3,(H3,12,13). The number of benzene rings is 1. The molecule has 0 fully saturated rings. The topological polar surface area (TPSA) is 59.1 Å². The van der Waals surface area contributed by atoms with Crippen molar-refractivity contribution in [2.24, 2.45) is 5.73 Å². The minimum Gasteiger partial charge on any atom is -0.497 e. The summed E-state index contributed by atoms with van der Waals surface area (Å²) in [6, 6.07) is 7.90. The Balaban J connectivity index is 2.59. The third-order valence-electron chi connectivity index (χ3n) is 1.89. The van der Waals surface area contributed by atoms with Gasteiger partial charge >= 0.3 is 0 Å². The van der Waals surface area contributed by atoms with Crippen molar-refractivity contribution >= 4 is 17.6 Å². The molecule has 1 unspecified atom stereocenters. The van der Waals surface area contributed by atoms with Crippen molar-refractivity contribution in [1.82, 2.24) is 0 Å². The monoisotopic (exact) mass is 224 g/mol. The second-order valence-electron chi connectivity index (χ2n) is 3.34. The first-order valence-corrected chi connectivity index (χ1v) is 5.63. The van der Waals surface area contributed by atoms with E-state index in [1.807, 2.05) is 24.3 Å². The van der Waals surface area contributed by atoms with Gasteiger partial charge in [-0.15, -0.1) is 11.8 Å². The average molecular weight is 224 g/mol. The van der Waals surface area contributed by atoms with Crippen LogP contribution in [0, 0.1) is 5.41 Å². The smallest absolute Gasteiger partial charge is 0.119 e. The van der Waals surface area contributed by atoms with E-state index in [4.69, 9.17) is 15.9 Å². The zero-order valence-corrected chi connectivity index (χ0v) is 9.80. The molecule has 82 valence electrons. The molecule has 4 heteroatoms. The number of rotatable bonds is 5. The predicted octanol–water partition coefficient (Wildman–Crippen LogP) is 2.50. The number of hydrogen-bond donors (Lipinski definition) is 2. The second kappa shape index (κ2) is 5.66. The van der Waals surface area contributed by atoms with Crippen molar-refractivity contribution in [3.05, 3.63) is 24.3 Å². The molecule has 0 bridgehead atoms. The number of ether oxygens (including phenoxy) is 1. The summed E-state index contributed by atoms with van der Waals surface area (Å²) >= 11 is 1.70. The van der Waals surface area contributed by atoms with E-state index >= 15 is 0 Å². The van der Waals surface area contributed by atoms with E-state index in [1.54, 1.807) is 18.9 Å². The quantitative estimate of drug-likeness (QED) is 0.459. The van der Waals surface area contributed by atoms with Gasteiger partial charge in [0.05, 0.1) is 12.9 Å². The Labute approximate surface area is 94.5 Å². The predicted molar refractivity (Wildman–Crippen MR) is 64.8 cm³/mol. The van der Waals surface area contributed by atoms with E-state index < -0.39 is 0 Å².